The van der Waals surface area contributed by atoms with Crippen molar-refractivity contribution in [3.8, 4) is 22.3 Å². The number of hydrogen-bond donors (Lipinski definition) is 0. The maximum Gasteiger partial charge on any atom is 0.172 e. The van der Waals surface area contributed by atoms with E-state index in [0.29, 0.717) is 0 Å². The van der Waals surface area contributed by atoms with Gasteiger partial charge in [0.15, 0.2) is 7.14 Å². The molecule has 1 atom stereocenters. The largest absolute Gasteiger partial charge is 0.309 e. The van der Waals surface area contributed by atoms with E-state index in [-0.39, 0.29) is 0 Å². The van der Waals surface area contributed by atoms with Gasteiger partial charge in [0.2, 0.25) is 0 Å². The van der Waals surface area contributed by atoms with Gasteiger partial charge in [-0.25, -0.2) is 0 Å². The minimum Gasteiger partial charge on any atom is -0.309 e. The molecule has 0 radical (unpaired) electrons. The van der Waals surface area contributed by atoms with E-state index in [1.54, 1.807) is 0 Å². The molecule has 1 aliphatic rings. The first-order valence-electron chi connectivity index (χ1n) is 14.3. The topological polar surface area (TPSA) is 17.1 Å². The van der Waals surface area contributed by atoms with Crippen molar-refractivity contribution in [1.29, 1.82) is 0 Å². The first kappa shape index (κ1) is 24.8. The molecule has 0 fully saturated rings. The summed E-state index contributed by atoms with van der Waals surface area (Å²) in [5.41, 5.74) is 6.75. The smallest absolute Gasteiger partial charge is 0.172 e. The summed E-state index contributed by atoms with van der Waals surface area (Å²) < 4.78 is 15.6. The van der Waals surface area contributed by atoms with Gasteiger partial charge in [0.25, 0.3) is 0 Å². The van der Waals surface area contributed by atoms with Gasteiger partial charge in [-0.1, -0.05) is 146 Å². The van der Waals surface area contributed by atoms with Crippen LogP contribution in [0.1, 0.15) is 11.1 Å². The molecule has 0 aliphatic carbocycles. The molecule has 7 aromatic carbocycles. The number of fused-ring (bicyclic) bond motifs is 3. The van der Waals surface area contributed by atoms with Crippen LogP contribution in [0.4, 0.5) is 0 Å². The summed E-state index contributed by atoms with van der Waals surface area (Å²) in [6.45, 7) is 0. The lowest BCUT2D eigenvalue weighted by Crippen LogP contribution is -2.16. The summed E-state index contributed by atoms with van der Waals surface area (Å²) in [7, 11) is -3.15. The highest BCUT2D eigenvalue weighted by atomic mass is 31.2. The van der Waals surface area contributed by atoms with Crippen molar-refractivity contribution in [3.63, 3.8) is 0 Å². The molecule has 1 aliphatic heterocycles. The van der Waals surface area contributed by atoms with Crippen LogP contribution in [0.25, 0.3) is 55.2 Å². The summed E-state index contributed by atoms with van der Waals surface area (Å²) in [4.78, 5) is 0. The fourth-order valence-electron chi connectivity index (χ4n) is 6.61. The Balaban J connectivity index is 1.55. The van der Waals surface area contributed by atoms with E-state index in [1.807, 2.05) is 48.5 Å². The summed E-state index contributed by atoms with van der Waals surface area (Å²) >= 11 is 0. The van der Waals surface area contributed by atoms with E-state index in [9.17, 15) is 0 Å². The molecule has 1 heterocycles. The maximum absolute atomic E-state index is 15.6. The summed E-state index contributed by atoms with van der Waals surface area (Å²) in [5, 5.41) is 7.37. The quantitative estimate of drug-likeness (QED) is 0.156. The van der Waals surface area contributed by atoms with Crippen molar-refractivity contribution >= 4 is 50.7 Å². The average Bonchev–Trinajstić information content (AvgIpc) is 3.36. The van der Waals surface area contributed by atoms with Crippen LogP contribution in [0.5, 0.6) is 0 Å². The molecule has 0 spiro atoms. The fourth-order valence-corrected chi connectivity index (χ4v) is 9.65. The Hall–Kier alpha value is -4.97. The van der Waals surface area contributed by atoms with E-state index in [1.165, 1.54) is 32.8 Å². The van der Waals surface area contributed by atoms with Crippen LogP contribution in [0, 0.1) is 0 Å². The van der Waals surface area contributed by atoms with Crippen molar-refractivity contribution in [2.45, 2.75) is 0 Å². The average molecular weight is 555 g/mol. The van der Waals surface area contributed by atoms with Crippen molar-refractivity contribution < 1.29 is 4.57 Å². The molecule has 0 saturated carbocycles. The molecular weight excluding hydrogens is 527 g/mol. The monoisotopic (exact) mass is 554 g/mol. The first-order chi connectivity index (χ1) is 20.7. The molecule has 0 bridgehead atoms. The van der Waals surface area contributed by atoms with Gasteiger partial charge in [-0.15, -0.1) is 0 Å². The number of rotatable bonds is 4. The molecule has 7 aromatic rings. The van der Waals surface area contributed by atoms with Gasteiger partial charge in [0.1, 0.15) is 0 Å². The van der Waals surface area contributed by atoms with Crippen LogP contribution in [-0.4, -0.2) is 0 Å². The molecule has 0 saturated heterocycles. The van der Waals surface area contributed by atoms with Gasteiger partial charge < -0.3 is 4.57 Å². The van der Waals surface area contributed by atoms with Crippen LogP contribution < -0.4 is 10.6 Å². The van der Waals surface area contributed by atoms with Gasteiger partial charge in [0, 0.05) is 15.9 Å². The van der Waals surface area contributed by atoms with Crippen LogP contribution in [0.3, 0.4) is 0 Å². The highest BCUT2D eigenvalue weighted by Crippen LogP contribution is 2.62. The molecule has 42 heavy (non-hydrogen) atoms. The van der Waals surface area contributed by atoms with Crippen LogP contribution in [0.15, 0.2) is 158 Å². The van der Waals surface area contributed by atoms with E-state index >= 15 is 4.57 Å². The second-order valence-electron chi connectivity index (χ2n) is 10.8. The highest BCUT2D eigenvalue weighted by Gasteiger charge is 2.39. The van der Waals surface area contributed by atoms with Crippen molar-refractivity contribution in [2.75, 3.05) is 0 Å². The van der Waals surface area contributed by atoms with E-state index in [0.717, 1.165) is 38.0 Å². The normalized spacial score (nSPS) is 16.0. The first-order valence-corrected chi connectivity index (χ1v) is 16.0. The second kappa shape index (κ2) is 9.84. The zero-order valence-corrected chi connectivity index (χ0v) is 23.8. The molecule has 198 valence electrons. The SMILES string of the molecule is O=P1(c2ccccc2)C(c2ccccc2)=Cc2cc3c(-c4ccccc4)c4ccccc4c(-c4ccccc4)c3cc21. The van der Waals surface area contributed by atoms with Gasteiger partial charge in [0.05, 0.1) is 0 Å². The highest BCUT2D eigenvalue weighted by molar-refractivity contribution is 7.88. The molecule has 1 nitrogen and oxygen atoms in total. The predicted molar refractivity (Wildman–Crippen MR) is 180 cm³/mol. The second-order valence-corrected chi connectivity index (χ2v) is 13.5. The van der Waals surface area contributed by atoms with Crippen LogP contribution >= 0.6 is 7.14 Å². The lowest BCUT2D eigenvalue weighted by atomic mass is 9.85. The third kappa shape index (κ3) is 3.75. The molecule has 0 aromatic heterocycles. The minimum absolute atomic E-state index is 0.864. The lowest BCUT2D eigenvalue weighted by molar-refractivity contribution is 0.593. The molecule has 1 unspecified atom stereocenters. The summed E-state index contributed by atoms with van der Waals surface area (Å²) in [5.74, 6) is 0. The van der Waals surface area contributed by atoms with Crippen molar-refractivity contribution in [2.24, 2.45) is 0 Å². The lowest BCUT2D eigenvalue weighted by Gasteiger charge is -2.22. The number of benzene rings is 7. The molecule has 8 rings (SSSR count). The van der Waals surface area contributed by atoms with Crippen molar-refractivity contribution in [1.82, 2.24) is 0 Å². The Morgan fingerprint density at radius 2 is 0.833 bits per heavy atom. The Bertz CT molecular complexity index is 2180. The van der Waals surface area contributed by atoms with Gasteiger partial charge in [-0.05, 0) is 73.1 Å². The standard InChI is InChI=1S/C40H27OP/c41-42(32-21-11-4-12-22-32)37(28-15-5-1-6-16-28)26-31-25-35-36(27-38(31)42)40(30-19-9-3-10-20-30)34-24-14-13-23-33(34)39(35)29-17-7-2-8-18-29/h1-27H. The third-order valence-electron chi connectivity index (χ3n) is 8.46. The number of hydrogen-bond acceptors (Lipinski definition) is 1. The molecular formula is C40H27OP. The fraction of sp³-hybridized carbons (Fsp3) is 0. The Labute approximate surface area is 245 Å². The Morgan fingerprint density at radius 3 is 1.36 bits per heavy atom. The van der Waals surface area contributed by atoms with Crippen LogP contribution in [0.2, 0.25) is 0 Å². The third-order valence-corrected chi connectivity index (χ3v) is 11.6. The zero-order valence-electron chi connectivity index (χ0n) is 22.9. The Morgan fingerprint density at radius 1 is 0.405 bits per heavy atom. The zero-order chi connectivity index (χ0) is 28.1. The summed E-state index contributed by atoms with van der Waals surface area (Å²) in [6.07, 6.45) is 2.17. The van der Waals surface area contributed by atoms with E-state index in [4.69, 9.17) is 0 Å². The predicted octanol–water partition coefficient (Wildman–Crippen LogP) is 10.2. The van der Waals surface area contributed by atoms with E-state index in [2.05, 4.69) is 115 Å². The van der Waals surface area contributed by atoms with Crippen LogP contribution in [-0.2, 0) is 4.57 Å². The van der Waals surface area contributed by atoms with Gasteiger partial charge in [-0.3, -0.25) is 0 Å². The molecule has 0 amide bonds. The van der Waals surface area contributed by atoms with Gasteiger partial charge >= 0.3 is 0 Å². The Kier molecular flexibility index (Phi) is 5.81. The van der Waals surface area contributed by atoms with Gasteiger partial charge in [-0.2, -0.15) is 0 Å². The summed E-state index contributed by atoms with van der Waals surface area (Å²) in [6, 6.07) is 54.7. The van der Waals surface area contributed by atoms with Crippen molar-refractivity contribution in [3.05, 3.63) is 169 Å². The minimum atomic E-state index is -3.15. The maximum atomic E-state index is 15.6. The van der Waals surface area contributed by atoms with E-state index < -0.39 is 7.14 Å². The molecule has 2 heteroatoms. The molecule has 0 N–H and O–H groups in total.